The molecule has 21 heavy (non-hydrogen) atoms. The predicted molar refractivity (Wildman–Crippen MR) is 77.8 cm³/mol. The molecule has 0 aliphatic carbocycles. The van der Waals surface area contributed by atoms with Crippen LogP contribution >= 0.6 is 0 Å². The Morgan fingerprint density at radius 1 is 1.19 bits per heavy atom. The van der Waals surface area contributed by atoms with E-state index in [0.29, 0.717) is 5.92 Å². The maximum absolute atomic E-state index is 11.8. The molecule has 1 aliphatic rings. The fraction of sp³-hybridized carbons (Fsp3) is 0.643. The lowest BCUT2D eigenvalue weighted by Gasteiger charge is -2.35. The minimum Gasteiger partial charge on any atom is -0.478 e. The Morgan fingerprint density at radius 3 is 2.33 bits per heavy atom. The van der Waals surface area contributed by atoms with Gasteiger partial charge < -0.3 is 15.3 Å². The van der Waals surface area contributed by atoms with Gasteiger partial charge in [0.05, 0.1) is 0 Å². The molecule has 2 atom stereocenters. The quantitative estimate of drug-likeness (QED) is 0.662. The lowest BCUT2D eigenvalue weighted by Crippen LogP contribution is -2.52. The number of nitrogens with zero attached hydrogens (tertiary/aromatic N) is 1. The third-order valence-electron chi connectivity index (χ3n) is 3.88. The van der Waals surface area contributed by atoms with E-state index >= 15 is 0 Å². The van der Waals surface area contributed by atoms with E-state index in [9.17, 15) is 14.4 Å². The summed E-state index contributed by atoms with van der Waals surface area (Å²) in [6.45, 7) is 6.52. The first-order chi connectivity index (χ1) is 9.72. The number of hydrogen-bond acceptors (Lipinski definition) is 4. The summed E-state index contributed by atoms with van der Waals surface area (Å²) in [7, 11) is 2.03. The van der Waals surface area contributed by atoms with Crippen LogP contribution in [0.3, 0.4) is 0 Å². The lowest BCUT2D eigenvalue weighted by molar-refractivity contribution is -0.133. The number of aliphatic carboxylic acids is 1. The normalized spacial score (nSPS) is 24.0. The average Bonchev–Trinajstić information content (AvgIpc) is 2.40. The first-order valence-electron chi connectivity index (χ1n) is 6.93. The van der Waals surface area contributed by atoms with Crippen LogP contribution in [0.4, 0.5) is 4.79 Å². The number of carbonyl (C=O) groups excluding carboxylic acids is 2. The third-order valence-corrected chi connectivity index (χ3v) is 3.88. The number of carbonyl (C=O) groups is 3. The van der Waals surface area contributed by atoms with Crippen molar-refractivity contribution in [3.8, 4) is 0 Å². The summed E-state index contributed by atoms with van der Waals surface area (Å²) in [6, 6.07) is -0.571. The predicted octanol–water partition coefficient (Wildman–Crippen LogP) is 0.573. The first kappa shape index (κ1) is 17.2. The van der Waals surface area contributed by atoms with Crippen molar-refractivity contribution in [1.82, 2.24) is 15.5 Å². The molecule has 0 saturated carbocycles. The Bertz CT molecular complexity index is 473. The van der Waals surface area contributed by atoms with Crippen LogP contribution in [0.5, 0.6) is 0 Å². The molecule has 2 unspecified atom stereocenters. The van der Waals surface area contributed by atoms with Crippen LogP contribution in [0.15, 0.2) is 11.1 Å². The number of amides is 3. The topological polar surface area (TPSA) is 98.7 Å². The summed E-state index contributed by atoms with van der Waals surface area (Å²) in [4.78, 5) is 36.6. The standard InChI is InChI=1S/C14H23N3O4/c1-8-7-17(4)6-5-11(8)15-14(21)16-12(18)9(2)10(3)13(19)20/h8,11H,5-7H2,1-4H3,(H,19,20)(H2,15,16,18,21). The Labute approximate surface area is 124 Å². The summed E-state index contributed by atoms with van der Waals surface area (Å²) in [5.41, 5.74) is -0.0537. The molecule has 0 aromatic rings. The van der Waals surface area contributed by atoms with E-state index < -0.39 is 17.9 Å². The van der Waals surface area contributed by atoms with Gasteiger partial charge >= 0.3 is 12.0 Å². The SMILES string of the molecule is CC(C(=O)O)=C(C)C(=O)NC(=O)NC1CCN(C)CC1C. The maximum atomic E-state index is 11.8. The van der Waals surface area contributed by atoms with E-state index in [1.54, 1.807) is 0 Å². The number of carboxylic acid groups (broad SMARTS) is 1. The van der Waals surface area contributed by atoms with E-state index in [1.165, 1.54) is 13.8 Å². The number of likely N-dealkylation sites (tertiary alicyclic amines) is 1. The number of carboxylic acids is 1. The first-order valence-corrected chi connectivity index (χ1v) is 6.93. The largest absolute Gasteiger partial charge is 0.478 e. The minimum absolute atomic E-state index is 0.0128. The van der Waals surface area contributed by atoms with Crippen molar-refractivity contribution < 1.29 is 19.5 Å². The highest BCUT2D eigenvalue weighted by molar-refractivity contribution is 6.07. The molecule has 0 aromatic carbocycles. The molecule has 1 saturated heterocycles. The molecule has 0 bridgehead atoms. The zero-order chi connectivity index (χ0) is 16.2. The molecule has 0 aromatic heterocycles. The van der Waals surface area contributed by atoms with E-state index in [1.807, 2.05) is 14.0 Å². The van der Waals surface area contributed by atoms with Crippen LogP contribution in [0, 0.1) is 5.92 Å². The van der Waals surface area contributed by atoms with Gasteiger partial charge in [0.15, 0.2) is 0 Å². The summed E-state index contributed by atoms with van der Waals surface area (Å²) < 4.78 is 0. The summed E-state index contributed by atoms with van der Waals surface area (Å²) in [6.07, 6.45) is 0.822. The van der Waals surface area contributed by atoms with E-state index in [2.05, 4.69) is 15.5 Å². The summed E-state index contributed by atoms with van der Waals surface area (Å²) >= 11 is 0. The fourth-order valence-electron chi connectivity index (χ4n) is 2.30. The van der Waals surface area contributed by atoms with Crippen LogP contribution < -0.4 is 10.6 Å². The number of nitrogens with one attached hydrogen (secondary N) is 2. The second-order valence-electron chi connectivity index (χ2n) is 5.62. The molecule has 0 spiro atoms. The fourth-order valence-corrected chi connectivity index (χ4v) is 2.30. The van der Waals surface area contributed by atoms with Crippen LogP contribution in [-0.2, 0) is 9.59 Å². The van der Waals surface area contributed by atoms with Crippen LogP contribution in [0.2, 0.25) is 0 Å². The van der Waals surface area contributed by atoms with Crippen molar-refractivity contribution in [2.75, 3.05) is 20.1 Å². The van der Waals surface area contributed by atoms with Crippen LogP contribution in [0.25, 0.3) is 0 Å². The monoisotopic (exact) mass is 297 g/mol. The molecule has 3 amide bonds. The number of piperidine rings is 1. The number of urea groups is 1. The number of rotatable bonds is 3. The van der Waals surface area contributed by atoms with E-state index in [4.69, 9.17) is 5.11 Å². The second-order valence-corrected chi connectivity index (χ2v) is 5.62. The Balaban J connectivity index is 2.56. The molecule has 1 fully saturated rings. The molecule has 1 rings (SSSR count). The molecule has 0 radical (unpaired) electrons. The molecular weight excluding hydrogens is 274 g/mol. The van der Waals surface area contributed by atoms with E-state index in [-0.39, 0.29) is 17.2 Å². The molecule has 1 heterocycles. The van der Waals surface area contributed by atoms with Gasteiger partial charge in [0.2, 0.25) is 0 Å². The van der Waals surface area contributed by atoms with Gasteiger partial charge in [0.1, 0.15) is 0 Å². The zero-order valence-corrected chi connectivity index (χ0v) is 12.9. The summed E-state index contributed by atoms with van der Waals surface area (Å²) in [5.74, 6) is -1.57. The molecule has 118 valence electrons. The van der Waals surface area contributed by atoms with Gasteiger partial charge in [-0.15, -0.1) is 0 Å². The Hall–Kier alpha value is -1.89. The van der Waals surface area contributed by atoms with Crippen molar-refractivity contribution in [2.45, 2.75) is 33.2 Å². The van der Waals surface area contributed by atoms with Crippen molar-refractivity contribution in [3.63, 3.8) is 0 Å². The highest BCUT2D eigenvalue weighted by Crippen LogP contribution is 2.15. The van der Waals surface area contributed by atoms with Gasteiger partial charge in [0, 0.05) is 23.7 Å². The zero-order valence-electron chi connectivity index (χ0n) is 12.9. The summed E-state index contributed by atoms with van der Waals surface area (Å²) in [5, 5.41) is 13.8. The molecule has 7 nitrogen and oxygen atoms in total. The Morgan fingerprint density at radius 2 is 1.81 bits per heavy atom. The number of imide groups is 1. The maximum Gasteiger partial charge on any atom is 0.331 e. The van der Waals surface area contributed by atoms with E-state index in [0.717, 1.165) is 19.5 Å². The highest BCUT2D eigenvalue weighted by Gasteiger charge is 2.26. The number of hydrogen-bond donors (Lipinski definition) is 3. The Kier molecular flexibility index (Phi) is 5.90. The van der Waals surface area contributed by atoms with Gasteiger partial charge in [-0.3, -0.25) is 10.1 Å². The van der Waals surface area contributed by atoms with Gasteiger partial charge in [-0.05, 0) is 39.8 Å². The third kappa shape index (κ3) is 4.86. The minimum atomic E-state index is -1.17. The van der Waals surface area contributed by atoms with Crippen LogP contribution in [-0.4, -0.2) is 54.1 Å². The average molecular weight is 297 g/mol. The van der Waals surface area contributed by atoms with Crippen molar-refractivity contribution >= 4 is 17.9 Å². The lowest BCUT2D eigenvalue weighted by atomic mass is 9.94. The van der Waals surface area contributed by atoms with Crippen molar-refractivity contribution in [3.05, 3.63) is 11.1 Å². The molecule has 7 heteroatoms. The van der Waals surface area contributed by atoms with Crippen molar-refractivity contribution in [2.24, 2.45) is 5.92 Å². The molecule has 3 N–H and O–H groups in total. The van der Waals surface area contributed by atoms with Gasteiger partial charge in [-0.1, -0.05) is 6.92 Å². The smallest absolute Gasteiger partial charge is 0.331 e. The van der Waals surface area contributed by atoms with Gasteiger partial charge in [-0.2, -0.15) is 0 Å². The molecule has 1 aliphatic heterocycles. The van der Waals surface area contributed by atoms with Crippen LogP contribution in [0.1, 0.15) is 27.2 Å². The van der Waals surface area contributed by atoms with Gasteiger partial charge in [-0.25, -0.2) is 9.59 Å². The van der Waals surface area contributed by atoms with Gasteiger partial charge in [0.25, 0.3) is 5.91 Å². The highest BCUT2D eigenvalue weighted by atomic mass is 16.4. The van der Waals surface area contributed by atoms with Crippen molar-refractivity contribution in [1.29, 1.82) is 0 Å². The molecular formula is C14H23N3O4. The second kappa shape index (κ2) is 7.21.